The first kappa shape index (κ1) is 33.1. The minimum Gasteiger partial charge on any atom is -0.481 e. The highest BCUT2D eigenvalue weighted by Gasteiger charge is 2.39. The molecule has 0 saturated heterocycles. The normalized spacial score (nSPS) is 17.1. The van der Waals surface area contributed by atoms with Gasteiger partial charge >= 0.3 is 18.4 Å². The molecule has 1 aliphatic heterocycles. The summed E-state index contributed by atoms with van der Waals surface area (Å²) >= 11 is 0. The fraction of sp³-hybridized carbons (Fsp3) is 0.393. The molecule has 0 aliphatic carbocycles. The second kappa shape index (κ2) is 13.0. The van der Waals surface area contributed by atoms with Gasteiger partial charge in [0.15, 0.2) is 5.84 Å². The van der Waals surface area contributed by atoms with Crippen LogP contribution in [0.25, 0.3) is 0 Å². The first-order chi connectivity index (χ1) is 21.2. The van der Waals surface area contributed by atoms with E-state index in [1.54, 1.807) is 19.1 Å². The number of amides is 1. The summed E-state index contributed by atoms with van der Waals surface area (Å²) in [4.78, 5) is 27.4. The van der Waals surface area contributed by atoms with Crippen molar-refractivity contribution in [1.29, 1.82) is 0 Å². The van der Waals surface area contributed by atoms with Crippen molar-refractivity contribution in [2.75, 3.05) is 23.9 Å². The number of anilines is 2. The Hall–Kier alpha value is -4.83. The third-order valence-electron chi connectivity index (χ3n) is 7.06. The fourth-order valence-corrected chi connectivity index (χ4v) is 4.99. The lowest BCUT2D eigenvalue weighted by Gasteiger charge is -2.39. The highest BCUT2D eigenvalue weighted by atomic mass is 19.4. The molecule has 2 aromatic heterocycles. The summed E-state index contributed by atoms with van der Waals surface area (Å²) in [5.41, 5.74) is 2.95. The zero-order valence-corrected chi connectivity index (χ0v) is 24.2. The Morgan fingerprint density at radius 3 is 2.33 bits per heavy atom. The van der Waals surface area contributed by atoms with Crippen LogP contribution < -0.4 is 20.7 Å². The van der Waals surface area contributed by atoms with Crippen LogP contribution in [0, 0.1) is 0 Å². The molecule has 1 amide bonds. The van der Waals surface area contributed by atoms with E-state index in [-0.39, 0.29) is 47.4 Å². The number of methoxy groups -OCH3 is 1. The molecule has 2 atom stereocenters. The first-order valence-corrected chi connectivity index (χ1v) is 13.6. The molecule has 17 heteroatoms. The van der Waals surface area contributed by atoms with Gasteiger partial charge in [-0.2, -0.15) is 26.3 Å². The molecule has 0 fully saturated rings. The van der Waals surface area contributed by atoms with Crippen molar-refractivity contribution in [3.8, 4) is 5.88 Å². The predicted molar refractivity (Wildman–Crippen MR) is 149 cm³/mol. The molecule has 11 nitrogen and oxygen atoms in total. The monoisotopic (exact) mass is 641 g/mol. The SMILES string of the molecule is CCOC(=O)N1c2ccc(OC)nc2[C@@H](Nc2ncc(C(N)=NO)c(Cc3cc(C(F)(F)F)cc(C(F)(F)F)c3)n2)C[C@H]1CC. The van der Waals surface area contributed by atoms with E-state index in [4.69, 9.17) is 15.2 Å². The molecule has 0 saturated carbocycles. The molecule has 0 spiro atoms. The number of ether oxygens (including phenoxy) is 2. The number of nitrogens with one attached hydrogen (secondary N) is 1. The van der Waals surface area contributed by atoms with Crippen molar-refractivity contribution >= 4 is 23.6 Å². The van der Waals surface area contributed by atoms with Gasteiger partial charge in [0.25, 0.3) is 0 Å². The van der Waals surface area contributed by atoms with Crippen molar-refractivity contribution in [2.45, 2.75) is 57.5 Å². The Kier molecular flexibility index (Phi) is 9.58. The molecule has 4 N–H and O–H groups in total. The third-order valence-corrected chi connectivity index (χ3v) is 7.06. The van der Waals surface area contributed by atoms with Gasteiger partial charge in [0.1, 0.15) is 0 Å². The molecule has 45 heavy (non-hydrogen) atoms. The Bertz CT molecular complexity index is 1550. The summed E-state index contributed by atoms with van der Waals surface area (Å²) in [5, 5.41) is 15.3. The highest BCUT2D eigenvalue weighted by Crippen LogP contribution is 2.40. The first-order valence-electron chi connectivity index (χ1n) is 13.6. The number of fused-ring (bicyclic) bond motifs is 1. The molecule has 0 unspecified atom stereocenters. The average molecular weight is 642 g/mol. The number of halogens is 6. The molecular weight excluding hydrogens is 612 g/mol. The average Bonchev–Trinajstić information content (AvgIpc) is 2.99. The van der Waals surface area contributed by atoms with E-state index in [9.17, 15) is 36.3 Å². The lowest BCUT2D eigenvalue weighted by atomic mass is 9.93. The maximum absolute atomic E-state index is 13.5. The van der Waals surface area contributed by atoms with Crippen molar-refractivity contribution in [2.24, 2.45) is 10.9 Å². The molecule has 1 aromatic carbocycles. The molecule has 3 aromatic rings. The molecule has 3 heterocycles. The van der Waals surface area contributed by atoms with E-state index in [0.29, 0.717) is 36.4 Å². The van der Waals surface area contributed by atoms with Gasteiger partial charge in [0, 0.05) is 24.7 Å². The zero-order valence-electron chi connectivity index (χ0n) is 24.2. The molecule has 1 aliphatic rings. The number of hydrogen-bond acceptors (Lipinski definition) is 9. The van der Waals surface area contributed by atoms with Crippen LogP contribution in [0.4, 0.5) is 42.8 Å². The van der Waals surface area contributed by atoms with Gasteiger partial charge in [-0.05, 0) is 49.6 Å². The summed E-state index contributed by atoms with van der Waals surface area (Å²) in [5.74, 6) is -0.346. The topological polar surface area (TPSA) is 148 Å². The minimum atomic E-state index is -5.06. The summed E-state index contributed by atoms with van der Waals surface area (Å²) in [6.07, 6.45) is -9.30. The van der Waals surface area contributed by atoms with Gasteiger partial charge in [-0.25, -0.2) is 19.7 Å². The lowest BCUT2D eigenvalue weighted by Crippen LogP contribution is -2.46. The fourth-order valence-electron chi connectivity index (χ4n) is 4.99. The Labute approximate surface area is 253 Å². The maximum Gasteiger partial charge on any atom is 0.416 e. The van der Waals surface area contributed by atoms with E-state index in [2.05, 4.69) is 25.4 Å². The van der Waals surface area contributed by atoms with E-state index in [0.717, 1.165) is 6.20 Å². The molecular formula is C28H29F6N7O4. The van der Waals surface area contributed by atoms with Crippen LogP contribution in [0.5, 0.6) is 5.88 Å². The van der Waals surface area contributed by atoms with Crippen LogP contribution in [0.3, 0.4) is 0 Å². The second-order valence-corrected chi connectivity index (χ2v) is 9.95. The Morgan fingerprint density at radius 2 is 1.78 bits per heavy atom. The standard InChI is InChI=1S/C28H29F6N7O4/c1-4-17-12-20(23-21(6-7-22(39-23)44-3)41(17)26(42)45-5-2)38-25-36-13-18(24(35)40-43)19(37-25)10-14-8-15(27(29,30)31)11-16(9-14)28(32,33)34/h6-9,11,13,17,20,43H,4-5,10,12H2,1-3H3,(H2,35,40)(H,36,37,38)/t17-,20+/m1/s1. The van der Waals surface area contributed by atoms with Crippen LogP contribution in [-0.2, 0) is 23.5 Å². The number of amidine groups is 1. The van der Waals surface area contributed by atoms with Gasteiger partial charge in [-0.3, -0.25) is 4.90 Å². The Morgan fingerprint density at radius 1 is 1.11 bits per heavy atom. The summed E-state index contributed by atoms with van der Waals surface area (Å²) in [6.45, 7) is 3.70. The minimum absolute atomic E-state index is 0.0203. The van der Waals surface area contributed by atoms with Crippen LogP contribution in [0.2, 0.25) is 0 Å². The summed E-state index contributed by atoms with van der Waals surface area (Å²) in [6, 6.07) is 3.41. The summed E-state index contributed by atoms with van der Waals surface area (Å²) < 4.78 is 91.5. The van der Waals surface area contributed by atoms with E-state index >= 15 is 0 Å². The summed E-state index contributed by atoms with van der Waals surface area (Å²) in [7, 11) is 1.41. The van der Waals surface area contributed by atoms with Gasteiger partial charge in [-0.15, -0.1) is 0 Å². The Balaban J connectivity index is 1.78. The highest BCUT2D eigenvalue weighted by molar-refractivity contribution is 5.98. The van der Waals surface area contributed by atoms with Gasteiger partial charge in [-0.1, -0.05) is 12.1 Å². The predicted octanol–water partition coefficient (Wildman–Crippen LogP) is 5.90. The number of rotatable bonds is 8. The van der Waals surface area contributed by atoms with Gasteiger partial charge in [0.2, 0.25) is 11.8 Å². The number of hydrogen-bond donors (Lipinski definition) is 3. The molecule has 0 bridgehead atoms. The largest absolute Gasteiger partial charge is 0.481 e. The van der Waals surface area contributed by atoms with Crippen molar-refractivity contribution in [3.63, 3.8) is 0 Å². The third kappa shape index (κ3) is 7.29. The number of nitrogens with zero attached hydrogens (tertiary/aromatic N) is 5. The number of alkyl halides is 6. The van der Waals surface area contributed by atoms with Gasteiger partial charge in [0.05, 0.1) is 53.5 Å². The number of carbonyl (C=O) groups excluding carboxylic acids is 1. The van der Waals surface area contributed by atoms with Crippen LogP contribution in [-0.4, -0.2) is 51.8 Å². The van der Waals surface area contributed by atoms with Crippen LogP contribution in [0.15, 0.2) is 41.7 Å². The van der Waals surface area contributed by atoms with E-state index in [1.165, 1.54) is 12.0 Å². The van der Waals surface area contributed by atoms with Crippen molar-refractivity contribution < 1.29 is 45.8 Å². The van der Waals surface area contributed by atoms with Crippen LogP contribution in [0.1, 0.15) is 66.4 Å². The lowest BCUT2D eigenvalue weighted by molar-refractivity contribution is -0.143. The maximum atomic E-state index is 13.5. The number of benzene rings is 1. The quantitative estimate of drug-likeness (QED) is 0.0899. The molecule has 242 valence electrons. The van der Waals surface area contributed by atoms with Gasteiger partial charge < -0.3 is 25.7 Å². The smallest absolute Gasteiger partial charge is 0.416 e. The number of aromatic nitrogens is 3. The number of nitrogens with two attached hydrogens (primary N) is 1. The molecule has 4 rings (SSSR count). The second-order valence-electron chi connectivity index (χ2n) is 9.95. The number of carbonyl (C=O) groups is 1. The number of oxime groups is 1. The van der Waals surface area contributed by atoms with Crippen molar-refractivity contribution in [3.05, 3.63) is 70.2 Å². The van der Waals surface area contributed by atoms with E-state index < -0.39 is 47.9 Å². The zero-order chi connectivity index (χ0) is 33.1. The van der Waals surface area contributed by atoms with E-state index in [1.807, 2.05) is 6.92 Å². The molecule has 0 radical (unpaired) electrons. The number of pyridine rings is 1. The van der Waals surface area contributed by atoms with Crippen LogP contribution >= 0.6 is 0 Å². The van der Waals surface area contributed by atoms with Crippen molar-refractivity contribution in [1.82, 2.24) is 15.0 Å².